The summed E-state index contributed by atoms with van der Waals surface area (Å²) in [6.07, 6.45) is -2.44. The van der Waals surface area contributed by atoms with Gasteiger partial charge in [0.05, 0.1) is 12.7 Å². The van der Waals surface area contributed by atoms with Crippen LogP contribution in [0.1, 0.15) is 35.1 Å². The summed E-state index contributed by atoms with van der Waals surface area (Å²) in [5.74, 6) is 0.823. The number of hydrogen-bond donors (Lipinski definition) is 0. The first-order valence-corrected chi connectivity index (χ1v) is 8.50. The number of nitrogens with zero attached hydrogens (tertiary/aromatic N) is 1. The molecule has 0 unspecified atom stereocenters. The van der Waals surface area contributed by atoms with Gasteiger partial charge in [-0.2, -0.15) is 13.2 Å². The topological polar surface area (TPSA) is 12.5 Å². The molecule has 2 nitrogen and oxygen atoms in total. The molecule has 0 radical (unpaired) electrons. The maximum atomic E-state index is 12.9. The van der Waals surface area contributed by atoms with E-state index in [9.17, 15) is 13.2 Å². The van der Waals surface area contributed by atoms with Crippen LogP contribution in [0.2, 0.25) is 0 Å². The fraction of sp³-hybridized carbons (Fsp3) is 0.400. The van der Waals surface area contributed by atoms with E-state index in [0.29, 0.717) is 0 Å². The van der Waals surface area contributed by atoms with E-state index < -0.39 is 11.7 Å². The van der Waals surface area contributed by atoms with Gasteiger partial charge in [0.15, 0.2) is 0 Å². The van der Waals surface area contributed by atoms with E-state index in [2.05, 4.69) is 17.0 Å². The van der Waals surface area contributed by atoms with Gasteiger partial charge in [-0.1, -0.05) is 18.2 Å². The zero-order chi connectivity index (χ0) is 17.7. The Balaban J connectivity index is 1.82. The Bertz CT molecular complexity index is 775. The Kier molecular flexibility index (Phi) is 3.80. The van der Waals surface area contributed by atoms with Crippen LogP contribution in [0.15, 0.2) is 42.5 Å². The largest absolute Gasteiger partial charge is 0.497 e. The number of halogens is 3. The summed E-state index contributed by atoms with van der Waals surface area (Å²) >= 11 is 0. The van der Waals surface area contributed by atoms with Gasteiger partial charge in [0.1, 0.15) is 5.75 Å². The maximum Gasteiger partial charge on any atom is 0.416 e. The van der Waals surface area contributed by atoms with Gasteiger partial charge in [0, 0.05) is 12.0 Å². The number of hydrogen-bond acceptors (Lipinski definition) is 2. The molecule has 2 aromatic rings. The minimum atomic E-state index is -4.30. The Morgan fingerprint density at radius 2 is 1.68 bits per heavy atom. The van der Waals surface area contributed by atoms with Crippen LogP contribution in [0.5, 0.6) is 5.75 Å². The molecule has 0 spiro atoms. The molecule has 2 aromatic carbocycles. The number of rotatable bonds is 2. The fourth-order valence-electron chi connectivity index (χ4n) is 4.32. The summed E-state index contributed by atoms with van der Waals surface area (Å²) in [5.41, 5.74) is 2.63. The standard InChI is InChI=1S/C20H20F3NO/c1-25-17-6-7-18-14(12-17)13-24-10-8-19(18,9-11-24)15-2-4-16(5-3-15)20(21,22)23/h2-7,12H,8-11,13H2,1H3. The van der Waals surface area contributed by atoms with Crippen molar-refractivity contribution in [3.63, 3.8) is 0 Å². The lowest BCUT2D eigenvalue weighted by Gasteiger charge is -2.39. The predicted molar refractivity (Wildman–Crippen MR) is 89.7 cm³/mol. The second-order valence-electron chi connectivity index (χ2n) is 6.96. The van der Waals surface area contributed by atoms with Gasteiger partial charge in [0.25, 0.3) is 0 Å². The van der Waals surface area contributed by atoms with Gasteiger partial charge < -0.3 is 4.74 Å². The molecule has 1 fully saturated rings. The molecule has 0 aliphatic carbocycles. The van der Waals surface area contributed by atoms with Crippen LogP contribution in [-0.2, 0) is 18.1 Å². The fourth-order valence-corrected chi connectivity index (χ4v) is 4.32. The molecule has 0 aromatic heterocycles. The van der Waals surface area contributed by atoms with Crippen molar-refractivity contribution in [3.8, 4) is 5.75 Å². The Morgan fingerprint density at radius 3 is 2.28 bits per heavy atom. The number of fused-ring (bicyclic) bond motifs is 2. The first-order valence-electron chi connectivity index (χ1n) is 8.50. The maximum absolute atomic E-state index is 12.9. The Hall–Kier alpha value is -2.01. The van der Waals surface area contributed by atoms with Crippen molar-refractivity contribution in [2.24, 2.45) is 0 Å². The van der Waals surface area contributed by atoms with Gasteiger partial charge >= 0.3 is 6.18 Å². The molecule has 5 rings (SSSR count). The van der Waals surface area contributed by atoms with Crippen LogP contribution in [0.4, 0.5) is 13.2 Å². The zero-order valence-corrected chi connectivity index (χ0v) is 14.1. The predicted octanol–water partition coefficient (Wildman–Crippen LogP) is 4.61. The van der Waals surface area contributed by atoms with E-state index >= 15 is 0 Å². The van der Waals surface area contributed by atoms with Gasteiger partial charge in [-0.3, -0.25) is 4.90 Å². The third-order valence-corrected chi connectivity index (χ3v) is 5.70. The van der Waals surface area contributed by atoms with Gasteiger partial charge in [-0.15, -0.1) is 0 Å². The highest BCUT2D eigenvalue weighted by atomic mass is 19.4. The van der Waals surface area contributed by atoms with Crippen LogP contribution in [0.25, 0.3) is 0 Å². The third-order valence-electron chi connectivity index (χ3n) is 5.70. The summed E-state index contributed by atoms with van der Waals surface area (Å²) in [4.78, 5) is 2.41. The molecule has 132 valence electrons. The number of ether oxygens (including phenoxy) is 1. The highest BCUT2D eigenvalue weighted by Crippen LogP contribution is 2.47. The van der Waals surface area contributed by atoms with Crippen LogP contribution in [0, 0.1) is 0 Å². The first-order chi connectivity index (χ1) is 11.9. The monoisotopic (exact) mass is 347 g/mol. The van der Waals surface area contributed by atoms with Crippen molar-refractivity contribution in [1.82, 2.24) is 4.90 Å². The van der Waals surface area contributed by atoms with E-state index in [1.165, 1.54) is 23.3 Å². The quantitative estimate of drug-likeness (QED) is 0.787. The molecule has 3 heterocycles. The molecule has 5 heteroatoms. The van der Waals surface area contributed by atoms with Crippen molar-refractivity contribution in [1.29, 1.82) is 0 Å². The molecule has 0 atom stereocenters. The summed E-state index contributed by atoms with van der Waals surface area (Å²) in [5, 5.41) is 0. The van der Waals surface area contributed by atoms with Crippen LogP contribution < -0.4 is 4.74 Å². The van der Waals surface area contributed by atoms with Gasteiger partial charge in [-0.05, 0) is 66.9 Å². The van der Waals surface area contributed by atoms with Crippen molar-refractivity contribution < 1.29 is 17.9 Å². The Morgan fingerprint density at radius 1 is 1.00 bits per heavy atom. The van der Waals surface area contributed by atoms with Crippen molar-refractivity contribution >= 4 is 0 Å². The van der Waals surface area contributed by atoms with Crippen molar-refractivity contribution in [3.05, 3.63) is 64.7 Å². The normalized spacial score (nSPS) is 25.4. The van der Waals surface area contributed by atoms with Crippen LogP contribution in [-0.4, -0.2) is 25.1 Å². The lowest BCUT2D eigenvalue weighted by atomic mass is 9.68. The molecule has 0 saturated carbocycles. The van der Waals surface area contributed by atoms with Gasteiger partial charge in [-0.25, -0.2) is 0 Å². The second kappa shape index (κ2) is 5.77. The van der Waals surface area contributed by atoms with E-state index in [1.54, 1.807) is 19.2 Å². The van der Waals surface area contributed by atoms with E-state index in [0.717, 1.165) is 43.8 Å². The van der Waals surface area contributed by atoms with E-state index in [-0.39, 0.29) is 5.41 Å². The molecule has 0 N–H and O–H groups in total. The van der Waals surface area contributed by atoms with Crippen LogP contribution >= 0.6 is 0 Å². The lowest BCUT2D eigenvalue weighted by Crippen LogP contribution is -2.39. The highest BCUT2D eigenvalue weighted by molar-refractivity contribution is 5.49. The SMILES string of the molecule is COc1ccc2c(c1)CN1CCC2(c2ccc(C(F)(F)F)cc2)CC1. The number of benzene rings is 2. The molecule has 3 aliphatic heterocycles. The Labute approximate surface area is 145 Å². The van der Waals surface area contributed by atoms with E-state index in [4.69, 9.17) is 4.74 Å². The minimum absolute atomic E-state index is 0.210. The van der Waals surface area contributed by atoms with Crippen molar-refractivity contribution in [2.45, 2.75) is 31.0 Å². The number of alkyl halides is 3. The number of methoxy groups -OCH3 is 1. The molecule has 3 aliphatic rings. The average molecular weight is 347 g/mol. The zero-order valence-electron chi connectivity index (χ0n) is 14.1. The number of piperidine rings is 1. The van der Waals surface area contributed by atoms with Crippen molar-refractivity contribution in [2.75, 3.05) is 20.2 Å². The summed E-state index contributed by atoms with van der Waals surface area (Å²) in [6.45, 7) is 2.78. The first kappa shape index (κ1) is 16.5. The molecular formula is C20H20F3NO. The summed E-state index contributed by atoms with van der Waals surface area (Å²) in [7, 11) is 1.65. The minimum Gasteiger partial charge on any atom is -0.497 e. The second-order valence-corrected chi connectivity index (χ2v) is 6.96. The molecule has 0 amide bonds. The average Bonchev–Trinajstić information content (AvgIpc) is 2.87. The lowest BCUT2D eigenvalue weighted by molar-refractivity contribution is -0.137. The molecule has 25 heavy (non-hydrogen) atoms. The highest BCUT2D eigenvalue weighted by Gasteiger charge is 2.42. The summed E-state index contributed by atoms with van der Waals surface area (Å²) < 4.78 is 44.1. The summed E-state index contributed by atoms with van der Waals surface area (Å²) in [6, 6.07) is 11.9. The molecular weight excluding hydrogens is 327 g/mol. The van der Waals surface area contributed by atoms with Crippen LogP contribution in [0.3, 0.4) is 0 Å². The smallest absolute Gasteiger partial charge is 0.416 e. The van der Waals surface area contributed by atoms with E-state index in [1.807, 2.05) is 6.07 Å². The van der Waals surface area contributed by atoms with Gasteiger partial charge in [0.2, 0.25) is 0 Å². The molecule has 1 saturated heterocycles. The third kappa shape index (κ3) is 2.71. The molecule has 2 bridgehead atoms.